The number of nitrogens with one attached hydrogen (secondary N) is 1. The van der Waals surface area contributed by atoms with Crippen molar-refractivity contribution in [2.75, 3.05) is 6.26 Å². The molecule has 1 aromatic rings. The van der Waals surface area contributed by atoms with E-state index in [0.29, 0.717) is 6.04 Å². The zero-order valence-electron chi connectivity index (χ0n) is 10.4. The molecule has 94 valence electrons. The van der Waals surface area contributed by atoms with Crippen molar-refractivity contribution >= 4 is 23.1 Å². The van der Waals surface area contributed by atoms with Crippen molar-refractivity contribution in [2.45, 2.75) is 49.4 Å². The fourth-order valence-electron chi connectivity index (χ4n) is 2.98. The van der Waals surface area contributed by atoms with E-state index in [1.165, 1.54) is 32.1 Å². The highest BCUT2D eigenvalue weighted by Crippen LogP contribution is 2.43. The van der Waals surface area contributed by atoms with Crippen LogP contribution in [0.1, 0.15) is 43.0 Å². The van der Waals surface area contributed by atoms with Crippen LogP contribution in [0.5, 0.6) is 0 Å². The van der Waals surface area contributed by atoms with Gasteiger partial charge in [0.15, 0.2) is 0 Å². The monoisotopic (exact) mass is 267 g/mol. The summed E-state index contributed by atoms with van der Waals surface area (Å²) in [6, 6.07) is 5.90. The molecule has 0 saturated heterocycles. The average molecular weight is 267 g/mol. The number of thiophene rings is 1. The quantitative estimate of drug-likeness (QED) is 0.863. The molecule has 3 unspecified atom stereocenters. The Hall–Kier alpha value is 0.01000. The first-order valence-electron chi connectivity index (χ1n) is 6.70. The lowest BCUT2D eigenvalue weighted by Gasteiger charge is -2.26. The highest BCUT2D eigenvalue weighted by Gasteiger charge is 2.36. The number of rotatable bonds is 5. The first-order valence-corrected chi connectivity index (χ1v) is 8.87. The summed E-state index contributed by atoms with van der Waals surface area (Å²) in [5.74, 6) is 0.914. The van der Waals surface area contributed by atoms with E-state index in [9.17, 15) is 0 Å². The molecule has 2 aliphatic carbocycles. The van der Waals surface area contributed by atoms with Crippen molar-refractivity contribution in [1.29, 1.82) is 0 Å². The van der Waals surface area contributed by atoms with Crippen LogP contribution in [-0.4, -0.2) is 17.5 Å². The Morgan fingerprint density at radius 1 is 1.35 bits per heavy atom. The van der Waals surface area contributed by atoms with E-state index >= 15 is 0 Å². The number of hydrogen-bond acceptors (Lipinski definition) is 3. The predicted molar refractivity (Wildman–Crippen MR) is 77.9 cm³/mol. The molecule has 0 radical (unpaired) electrons. The highest BCUT2D eigenvalue weighted by atomic mass is 32.2. The standard InChI is InChI=1S/C14H21NS2/c1-16-12-5-2-4-11(12)15-14(10-7-8-10)13-6-3-9-17-13/h3,6,9-12,14-15H,2,4-5,7-8H2,1H3. The highest BCUT2D eigenvalue weighted by molar-refractivity contribution is 7.99. The van der Waals surface area contributed by atoms with Gasteiger partial charge in [-0.15, -0.1) is 11.3 Å². The zero-order chi connectivity index (χ0) is 11.7. The van der Waals surface area contributed by atoms with Crippen LogP contribution in [0, 0.1) is 5.92 Å². The SMILES string of the molecule is CSC1CCCC1NC(c1cccs1)C1CC1. The molecule has 0 spiro atoms. The Balaban J connectivity index is 1.68. The van der Waals surface area contributed by atoms with E-state index < -0.39 is 0 Å². The molecule has 2 fully saturated rings. The summed E-state index contributed by atoms with van der Waals surface area (Å²) < 4.78 is 0. The van der Waals surface area contributed by atoms with Gasteiger partial charge in [0, 0.05) is 22.2 Å². The van der Waals surface area contributed by atoms with Crippen LogP contribution in [0.15, 0.2) is 17.5 Å². The van der Waals surface area contributed by atoms with Gasteiger partial charge in [0.25, 0.3) is 0 Å². The molecular formula is C14H21NS2. The number of hydrogen-bond donors (Lipinski definition) is 1. The Labute approximate surface area is 112 Å². The Kier molecular flexibility index (Phi) is 3.78. The van der Waals surface area contributed by atoms with Crippen LogP contribution < -0.4 is 5.32 Å². The average Bonchev–Trinajstić information content (AvgIpc) is 2.88. The van der Waals surface area contributed by atoms with Crippen LogP contribution >= 0.6 is 23.1 Å². The van der Waals surface area contributed by atoms with Gasteiger partial charge >= 0.3 is 0 Å². The van der Waals surface area contributed by atoms with E-state index in [1.807, 2.05) is 11.3 Å². The largest absolute Gasteiger partial charge is 0.305 e. The summed E-state index contributed by atoms with van der Waals surface area (Å²) >= 11 is 3.98. The summed E-state index contributed by atoms with van der Waals surface area (Å²) in [5, 5.41) is 7.03. The van der Waals surface area contributed by atoms with E-state index in [1.54, 1.807) is 4.88 Å². The third kappa shape index (κ3) is 2.72. The van der Waals surface area contributed by atoms with Crippen molar-refractivity contribution in [2.24, 2.45) is 5.92 Å². The van der Waals surface area contributed by atoms with Crippen LogP contribution in [0.2, 0.25) is 0 Å². The Morgan fingerprint density at radius 2 is 2.24 bits per heavy atom. The summed E-state index contributed by atoms with van der Waals surface area (Å²) in [7, 11) is 0. The van der Waals surface area contributed by atoms with Crippen molar-refractivity contribution < 1.29 is 0 Å². The molecule has 0 bridgehead atoms. The minimum absolute atomic E-state index is 0.646. The second-order valence-corrected chi connectivity index (χ2v) is 7.36. The summed E-state index contributed by atoms with van der Waals surface area (Å²) in [6.45, 7) is 0. The fourth-order valence-corrected chi connectivity index (χ4v) is 4.80. The molecule has 1 aromatic heterocycles. The smallest absolute Gasteiger partial charge is 0.0445 e. The van der Waals surface area contributed by atoms with Crippen LogP contribution in [0.4, 0.5) is 0 Å². The molecule has 0 aliphatic heterocycles. The molecule has 1 N–H and O–H groups in total. The van der Waals surface area contributed by atoms with Crippen molar-refractivity contribution in [3.63, 3.8) is 0 Å². The lowest BCUT2D eigenvalue weighted by molar-refractivity contribution is 0.415. The molecule has 3 atom stereocenters. The second-order valence-electron chi connectivity index (χ2n) is 5.31. The summed E-state index contributed by atoms with van der Waals surface area (Å²) in [5.41, 5.74) is 0. The van der Waals surface area contributed by atoms with Crippen molar-refractivity contribution in [3.8, 4) is 0 Å². The Bertz CT molecular complexity index is 345. The third-order valence-electron chi connectivity index (χ3n) is 4.09. The van der Waals surface area contributed by atoms with E-state index in [-0.39, 0.29) is 0 Å². The van der Waals surface area contributed by atoms with Crippen molar-refractivity contribution in [1.82, 2.24) is 5.32 Å². The maximum atomic E-state index is 3.97. The van der Waals surface area contributed by atoms with Gasteiger partial charge in [-0.1, -0.05) is 12.5 Å². The second kappa shape index (κ2) is 5.33. The molecule has 17 heavy (non-hydrogen) atoms. The van der Waals surface area contributed by atoms with Gasteiger partial charge in [-0.05, 0) is 49.3 Å². The molecule has 0 amide bonds. The van der Waals surface area contributed by atoms with Gasteiger partial charge in [-0.2, -0.15) is 11.8 Å². The lowest BCUT2D eigenvalue weighted by atomic mass is 10.1. The van der Waals surface area contributed by atoms with Crippen molar-refractivity contribution in [3.05, 3.63) is 22.4 Å². The molecule has 1 heterocycles. The van der Waals surface area contributed by atoms with Gasteiger partial charge in [-0.3, -0.25) is 0 Å². The van der Waals surface area contributed by atoms with Gasteiger partial charge in [0.1, 0.15) is 0 Å². The molecular weight excluding hydrogens is 246 g/mol. The zero-order valence-corrected chi connectivity index (χ0v) is 12.0. The molecule has 3 rings (SSSR count). The maximum absolute atomic E-state index is 3.97. The van der Waals surface area contributed by atoms with Crippen LogP contribution in [0.3, 0.4) is 0 Å². The molecule has 2 saturated carbocycles. The lowest BCUT2D eigenvalue weighted by Crippen LogP contribution is -2.37. The topological polar surface area (TPSA) is 12.0 Å². The summed E-state index contributed by atoms with van der Waals surface area (Å²) in [6.07, 6.45) is 9.30. The summed E-state index contributed by atoms with van der Waals surface area (Å²) in [4.78, 5) is 1.55. The van der Waals surface area contributed by atoms with Gasteiger partial charge in [-0.25, -0.2) is 0 Å². The normalized spacial score (nSPS) is 30.6. The van der Waals surface area contributed by atoms with Crippen LogP contribution in [0.25, 0.3) is 0 Å². The minimum Gasteiger partial charge on any atom is -0.305 e. The van der Waals surface area contributed by atoms with E-state index in [2.05, 4.69) is 40.8 Å². The Morgan fingerprint density at radius 3 is 2.88 bits per heavy atom. The fraction of sp³-hybridized carbons (Fsp3) is 0.714. The minimum atomic E-state index is 0.646. The molecule has 0 aromatic carbocycles. The van der Waals surface area contributed by atoms with Gasteiger partial charge in [0.05, 0.1) is 0 Å². The molecule has 3 heteroatoms. The first-order chi connectivity index (χ1) is 8.38. The maximum Gasteiger partial charge on any atom is 0.0445 e. The molecule has 2 aliphatic rings. The third-order valence-corrected chi connectivity index (χ3v) is 6.22. The number of thioether (sulfide) groups is 1. The molecule has 1 nitrogen and oxygen atoms in total. The van der Waals surface area contributed by atoms with Gasteiger partial charge < -0.3 is 5.32 Å². The van der Waals surface area contributed by atoms with Crippen LogP contribution in [-0.2, 0) is 0 Å². The first kappa shape index (κ1) is 12.1. The van der Waals surface area contributed by atoms with Gasteiger partial charge in [0.2, 0.25) is 0 Å². The van der Waals surface area contributed by atoms with E-state index in [0.717, 1.165) is 17.2 Å². The predicted octanol–water partition coefficient (Wildman–Crippen LogP) is 4.07. The van der Waals surface area contributed by atoms with E-state index in [4.69, 9.17) is 0 Å².